The highest BCUT2D eigenvalue weighted by Gasteiger charge is 2.08. The first-order valence-electron chi connectivity index (χ1n) is 5.68. The maximum Gasteiger partial charge on any atom is 0.179 e. The molecular weight excluding hydrogens is 246 g/mol. The molecule has 3 aromatic heterocycles. The molecule has 0 bridgehead atoms. The molecule has 0 unspecified atom stereocenters. The number of imidazole rings is 1. The summed E-state index contributed by atoms with van der Waals surface area (Å²) < 4.78 is 4.52. The molecule has 0 radical (unpaired) electrons. The molecule has 0 atom stereocenters. The average Bonchev–Trinajstić information content (AvgIpc) is 2.86. The van der Waals surface area contributed by atoms with E-state index in [1.54, 1.807) is 6.20 Å². The van der Waals surface area contributed by atoms with E-state index in [1.807, 2.05) is 41.4 Å². The van der Waals surface area contributed by atoms with Gasteiger partial charge in [0.05, 0.1) is 17.8 Å². The van der Waals surface area contributed by atoms with E-state index in [1.165, 1.54) is 0 Å². The monoisotopic (exact) mass is 259 g/mol. The van der Waals surface area contributed by atoms with Crippen molar-refractivity contribution < 1.29 is 0 Å². The largest absolute Gasteiger partial charge is 0.329 e. The van der Waals surface area contributed by atoms with E-state index >= 15 is 0 Å². The Morgan fingerprint density at radius 3 is 2.89 bits per heavy atom. The molecular formula is C12H13N5S. The van der Waals surface area contributed by atoms with Crippen molar-refractivity contribution in [2.75, 3.05) is 0 Å². The van der Waals surface area contributed by atoms with Gasteiger partial charge in [-0.3, -0.25) is 9.25 Å². The molecule has 5 nitrogen and oxygen atoms in total. The zero-order chi connectivity index (χ0) is 12.7. The summed E-state index contributed by atoms with van der Waals surface area (Å²) in [5, 5.41) is 4.16. The number of H-pyrrole nitrogens is 1. The zero-order valence-electron chi connectivity index (χ0n) is 10.2. The fourth-order valence-corrected chi connectivity index (χ4v) is 2.25. The van der Waals surface area contributed by atoms with Crippen molar-refractivity contribution in [3.8, 4) is 0 Å². The van der Waals surface area contributed by atoms with E-state index in [9.17, 15) is 0 Å². The average molecular weight is 259 g/mol. The Kier molecular flexibility index (Phi) is 2.52. The molecule has 0 saturated heterocycles. The highest BCUT2D eigenvalue weighted by atomic mass is 32.1. The van der Waals surface area contributed by atoms with Gasteiger partial charge in [0, 0.05) is 18.9 Å². The van der Waals surface area contributed by atoms with E-state index in [4.69, 9.17) is 12.2 Å². The molecule has 0 aromatic carbocycles. The van der Waals surface area contributed by atoms with E-state index in [2.05, 4.69) is 15.1 Å². The zero-order valence-corrected chi connectivity index (χ0v) is 11.0. The number of aryl methyl sites for hydroxylation is 2. The first-order chi connectivity index (χ1) is 8.65. The first-order valence-corrected chi connectivity index (χ1v) is 6.09. The quantitative estimate of drug-likeness (QED) is 0.718. The highest BCUT2D eigenvalue weighted by Crippen LogP contribution is 2.14. The number of aromatic nitrogens is 5. The van der Waals surface area contributed by atoms with Gasteiger partial charge in [-0.2, -0.15) is 5.10 Å². The normalized spacial score (nSPS) is 11.2. The minimum Gasteiger partial charge on any atom is -0.329 e. The summed E-state index contributed by atoms with van der Waals surface area (Å²) in [5.41, 5.74) is 3.93. The molecule has 0 amide bonds. The van der Waals surface area contributed by atoms with Crippen LogP contribution in [0.5, 0.6) is 0 Å². The second kappa shape index (κ2) is 4.06. The first kappa shape index (κ1) is 11.2. The lowest BCUT2D eigenvalue weighted by Crippen LogP contribution is -2.06. The Balaban J connectivity index is 2.17. The molecule has 0 aliphatic carbocycles. The van der Waals surface area contributed by atoms with Crippen molar-refractivity contribution in [3.63, 3.8) is 0 Å². The number of aromatic amines is 1. The van der Waals surface area contributed by atoms with Crippen LogP contribution in [0, 0.1) is 11.7 Å². The summed E-state index contributed by atoms with van der Waals surface area (Å²) in [6.07, 6.45) is 1.78. The molecule has 92 valence electrons. The van der Waals surface area contributed by atoms with Gasteiger partial charge in [0.25, 0.3) is 0 Å². The summed E-state index contributed by atoms with van der Waals surface area (Å²) in [6.45, 7) is 2.65. The van der Waals surface area contributed by atoms with Gasteiger partial charge in [-0.25, -0.2) is 4.98 Å². The number of nitrogens with one attached hydrogen (secondary N) is 1. The van der Waals surface area contributed by atoms with Crippen LogP contribution < -0.4 is 0 Å². The molecule has 6 heteroatoms. The third kappa shape index (κ3) is 1.74. The SMILES string of the molecule is Cc1ccc2[nH]c(=S)n(Cc3ccnn3C)c2n1. The van der Waals surface area contributed by atoms with Gasteiger partial charge in [0.15, 0.2) is 10.4 Å². The van der Waals surface area contributed by atoms with Crippen LogP contribution in [0.4, 0.5) is 0 Å². The van der Waals surface area contributed by atoms with E-state index < -0.39 is 0 Å². The number of hydrogen-bond acceptors (Lipinski definition) is 3. The second-order valence-corrected chi connectivity index (χ2v) is 4.67. The van der Waals surface area contributed by atoms with Crippen LogP contribution in [0.25, 0.3) is 11.2 Å². The van der Waals surface area contributed by atoms with Crippen LogP contribution in [0.15, 0.2) is 24.4 Å². The van der Waals surface area contributed by atoms with Crippen molar-refractivity contribution in [3.05, 3.63) is 40.6 Å². The number of nitrogens with zero attached hydrogens (tertiary/aromatic N) is 4. The molecule has 3 rings (SSSR count). The van der Waals surface area contributed by atoms with Gasteiger partial charge < -0.3 is 4.98 Å². The molecule has 3 heterocycles. The third-order valence-electron chi connectivity index (χ3n) is 3.00. The van der Waals surface area contributed by atoms with Crippen LogP contribution >= 0.6 is 12.2 Å². The minimum absolute atomic E-state index is 0.672. The summed E-state index contributed by atoms with van der Waals surface area (Å²) in [6, 6.07) is 5.96. The van der Waals surface area contributed by atoms with E-state index in [0.29, 0.717) is 11.3 Å². The molecule has 0 aliphatic rings. The van der Waals surface area contributed by atoms with Crippen molar-refractivity contribution in [1.29, 1.82) is 0 Å². The molecule has 0 fully saturated rings. The minimum atomic E-state index is 0.672. The van der Waals surface area contributed by atoms with Gasteiger partial charge >= 0.3 is 0 Å². The van der Waals surface area contributed by atoms with Crippen LogP contribution in [-0.4, -0.2) is 24.3 Å². The van der Waals surface area contributed by atoms with Gasteiger partial charge in [-0.1, -0.05) is 0 Å². The van der Waals surface area contributed by atoms with Gasteiger partial charge in [0.2, 0.25) is 0 Å². The summed E-state index contributed by atoms with van der Waals surface area (Å²) in [4.78, 5) is 7.71. The molecule has 0 spiro atoms. The van der Waals surface area contributed by atoms with Crippen LogP contribution in [0.3, 0.4) is 0 Å². The number of pyridine rings is 1. The lowest BCUT2D eigenvalue weighted by molar-refractivity contribution is 0.668. The molecule has 3 aromatic rings. The Bertz CT molecular complexity index is 764. The smallest absolute Gasteiger partial charge is 0.179 e. The van der Waals surface area contributed by atoms with Crippen LogP contribution in [0.1, 0.15) is 11.4 Å². The van der Waals surface area contributed by atoms with Crippen LogP contribution in [-0.2, 0) is 13.6 Å². The predicted molar refractivity (Wildman–Crippen MR) is 72.0 cm³/mol. The van der Waals surface area contributed by atoms with Crippen molar-refractivity contribution in [2.24, 2.45) is 7.05 Å². The van der Waals surface area contributed by atoms with Crippen molar-refractivity contribution in [2.45, 2.75) is 13.5 Å². The van der Waals surface area contributed by atoms with Crippen molar-refractivity contribution in [1.82, 2.24) is 24.3 Å². The fourth-order valence-electron chi connectivity index (χ4n) is 1.99. The Labute approximate surface area is 109 Å². The Morgan fingerprint density at radius 1 is 1.33 bits per heavy atom. The molecule has 0 aliphatic heterocycles. The second-order valence-electron chi connectivity index (χ2n) is 4.29. The Hall–Kier alpha value is -1.95. The van der Waals surface area contributed by atoms with Crippen molar-refractivity contribution >= 4 is 23.4 Å². The summed E-state index contributed by atoms with van der Waals surface area (Å²) in [5.74, 6) is 0. The summed E-state index contributed by atoms with van der Waals surface area (Å²) in [7, 11) is 1.92. The van der Waals surface area contributed by atoms with Gasteiger partial charge in [-0.15, -0.1) is 0 Å². The maximum absolute atomic E-state index is 5.35. The molecule has 1 N–H and O–H groups in total. The predicted octanol–water partition coefficient (Wildman–Crippen LogP) is 2.18. The van der Waals surface area contributed by atoms with Gasteiger partial charge in [-0.05, 0) is 37.3 Å². The summed E-state index contributed by atoms with van der Waals surface area (Å²) >= 11 is 5.35. The lowest BCUT2D eigenvalue weighted by atomic mass is 10.3. The molecule has 0 saturated carbocycles. The van der Waals surface area contributed by atoms with E-state index in [0.717, 1.165) is 22.6 Å². The number of rotatable bonds is 2. The highest BCUT2D eigenvalue weighted by molar-refractivity contribution is 7.71. The Morgan fingerprint density at radius 2 is 2.17 bits per heavy atom. The lowest BCUT2D eigenvalue weighted by Gasteiger charge is -2.04. The fraction of sp³-hybridized carbons (Fsp3) is 0.250. The molecule has 18 heavy (non-hydrogen) atoms. The van der Waals surface area contributed by atoms with Crippen LogP contribution in [0.2, 0.25) is 0 Å². The maximum atomic E-state index is 5.35. The number of fused-ring (bicyclic) bond motifs is 1. The standard InChI is InChI=1S/C12H13N5S/c1-8-3-4-10-11(14-8)17(12(18)15-10)7-9-5-6-13-16(9)2/h3-6H,7H2,1-2H3,(H,15,18). The number of hydrogen-bond donors (Lipinski definition) is 1. The van der Waals surface area contributed by atoms with E-state index in [-0.39, 0.29) is 0 Å². The topological polar surface area (TPSA) is 51.4 Å². The van der Waals surface area contributed by atoms with Gasteiger partial charge in [0.1, 0.15) is 0 Å². The third-order valence-corrected chi connectivity index (χ3v) is 3.32.